The van der Waals surface area contributed by atoms with E-state index in [-0.39, 0.29) is 36.4 Å². The van der Waals surface area contributed by atoms with E-state index in [1.807, 2.05) is 30.3 Å². The Morgan fingerprint density at radius 3 is 2.88 bits per heavy atom. The van der Waals surface area contributed by atoms with Crippen LogP contribution in [-0.2, 0) is 4.79 Å². The van der Waals surface area contributed by atoms with Gasteiger partial charge in [0.2, 0.25) is 11.9 Å². The summed E-state index contributed by atoms with van der Waals surface area (Å²) in [6.45, 7) is 1.11. The summed E-state index contributed by atoms with van der Waals surface area (Å²) in [7, 11) is 0. The molecule has 1 aliphatic rings. The van der Waals surface area contributed by atoms with Gasteiger partial charge in [-0.25, -0.2) is 0 Å². The number of nitrogen functional groups attached to an aromatic ring is 1. The zero-order valence-corrected chi connectivity index (χ0v) is 14.2. The highest BCUT2D eigenvalue weighted by Crippen LogP contribution is 2.25. The van der Waals surface area contributed by atoms with Crippen molar-refractivity contribution in [2.45, 2.75) is 12.3 Å². The van der Waals surface area contributed by atoms with E-state index in [9.17, 15) is 14.7 Å². The van der Waals surface area contributed by atoms with Crippen LogP contribution in [0, 0.1) is 0 Å². The van der Waals surface area contributed by atoms with Gasteiger partial charge in [0, 0.05) is 25.4 Å². The molecule has 9 heteroatoms. The number of carbonyl (C=O) groups excluding carboxylic acids is 1. The molecule has 0 radical (unpaired) electrons. The fraction of sp³-hybridized carbons (Fsp3) is 0.353. The van der Waals surface area contributed by atoms with Crippen molar-refractivity contribution in [1.29, 1.82) is 0 Å². The second-order valence-electron chi connectivity index (χ2n) is 6.09. The number of aliphatic hydroxyl groups excluding tert-OH is 1. The second kappa shape index (κ2) is 7.87. The summed E-state index contributed by atoms with van der Waals surface area (Å²) in [5.74, 6) is 0.220. The Morgan fingerprint density at radius 1 is 1.38 bits per heavy atom. The lowest BCUT2D eigenvalue weighted by atomic mass is 10.00. The van der Waals surface area contributed by atoms with Gasteiger partial charge in [-0.3, -0.25) is 14.6 Å². The van der Waals surface area contributed by atoms with Gasteiger partial charge < -0.3 is 26.4 Å². The smallest absolute Gasteiger partial charge is 0.277 e. The molecule has 138 valence electrons. The SMILES string of the molecule is Nc1nc2c(c(=O)[nH]1)NCN2CCC(=O)NCC(CO)c1ccccc1. The largest absolute Gasteiger partial charge is 0.396 e. The van der Waals surface area contributed by atoms with E-state index in [1.54, 1.807) is 4.90 Å². The van der Waals surface area contributed by atoms with Crippen LogP contribution < -0.4 is 26.8 Å². The van der Waals surface area contributed by atoms with Gasteiger partial charge in [0.1, 0.15) is 5.69 Å². The summed E-state index contributed by atoms with van der Waals surface area (Å²) in [5.41, 5.74) is 6.59. The summed E-state index contributed by atoms with van der Waals surface area (Å²) >= 11 is 0. The van der Waals surface area contributed by atoms with Crippen LogP contribution in [0.3, 0.4) is 0 Å². The zero-order valence-electron chi connectivity index (χ0n) is 14.2. The molecular formula is C17H22N6O3. The van der Waals surface area contributed by atoms with Gasteiger partial charge in [-0.1, -0.05) is 30.3 Å². The van der Waals surface area contributed by atoms with E-state index in [0.29, 0.717) is 31.3 Å². The molecule has 0 bridgehead atoms. The fourth-order valence-corrected chi connectivity index (χ4v) is 2.88. The van der Waals surface area contributed by atoms with E-state index in [0.717, 1.165) is 5.56 Å². The number of carbonyl (C=O) groups is 1. The molecule has 0 fully saturated rings. The minimum atomic E-state index is -0.326. The number of anilines is 3. The van der Waals surface area contributed by atoms with Crippen molar-refractivity contribution in [2.75, 3.05) is 42.3 Å². The van der Waals surface area contributed by atoms with Crippen molar-refractivity contribution in [2.24, 2.45) is 0 Å². The number of hydrogen-bond donors (Lipinski definition) is 5. The third-order valence-corrected chi connectivity index (χ3v) is 4.31. The van der Waals surface area contributed by atoms with Crippen molar-refractivity contribution < 1.29 is 9.90 Å². The molecule has 3 rings (SSSR count). The number of nitrogens with two attached hydrogens (primary N) is 1. The lowest BCUT2D eigenvalue weighted by Crippen LogP contribution is -2.33. The average molecular weight is 358 g/mol. The van der Waals surface area contributed by atoms with Gasteiger partial charge in [-0.2, -0.15) is 4.98 Å². The van der Waals surface area contributed by atoms with Crippen LogP contribution in [0.5, 0.6) is 0 Å². The maximum absolute atomic E-state index is 12.1. The summed E-state index contributed by atoms with van der Waals surface area (Å²) < 4.78 is 0. The minimum Gasteiger partial charge on any atom is -0.396 e. The number of hydrogen-bond acceptors (Lipinski definition) is 7. The van der Waals surface area contributed by atoms with E-state index >= 15 is 0 Å². The van der Waals surface area contributed by atoms with Crippen LogP contribution in [0.4, 0.5) is 17.5 Å². The van der Waals surface area contributed by atoms with Crippen LogP contribution >= 0.6 is 0 Å². The molecule has 26 heavy (non-hydrogen) atoms. The maximum Gasteiger partial charge on any atom is 0.277 e. The average Bonchev–Trinajstić information content (AvgIpc) is 3.04. The molecular weight excluding hydrogens is 336 g/mol. The number of benzene rings is 1. The second-order valence-corrected chi connectivity index (χ2v) is 6.09. The van der Waals surface area contributed by atoms with Crippen LogP contribution in [0.25, 0.3) is 0 Å². The normalized spacial score (nSPS) is 13.8. The first-order valence-electron chi connectivity index (χ1n) is 8.39. The van der Waals surface area contributed by atoms with Gasteiger partial charge in [0.25, 0.3) is 5.56 Å². The number of fused-ring (bicyclic) bond motifs is 1. The molecule has 2 aromatic rings. The van der Waals surface area contributed by atoms with E-state index in [4.69, 9.17) is 5.73 Å². The van der Waals surface area contributed by atoms with Gasteiger partial charge in [0.05, 0.1) is 13.3 Å². The third kappa shape index (κ3) is 3.94. The molecule has 1 unspecified atom stereocenters. The molecule has 6 N–H and O–H groups in total. The van der Waals surface area contributed by atoms with Gasteiger partial charge >= 0.3 is 0 Å². The molecule has 1 aromatic heterocycles. The molecule has 0 aliphatic carbocycles. The molecule has 9 nitrogen and oxygen atoms in total. The highest BCUT2D eigenvalue weighted by Gasteiger charge is 2.24. The van der Waals surface area contributed by atoms with E-state index < -0.39 is 0 Å². The molecule has 1 aliphatic heterocycles. The standard InChI is InChI=1S/C17H22N6O3/c18-17-21-15-14(16(26)22-17)20-10-23(15)7-6-13(25)19-8-12(9-24)11-4-2-1-3-5-11/h1-5,12,20,24H,6-10H2,(H,19,25)(H3,18,21,22,26). The Bertz CT molecular complexity index is 823. The van der Waals surface area contributed by atoms with Gasteiger partial charge in [-0.05, 0) is 5.56 Å². The molecule has 1 amide bonds. The van der Waals surface area contributed by atoms with Gasteiger partial charge in [0.15, 0.2) is 5.82 Å². The van der Waals surface area contributed by atoms with E-state index in [2.05, 4.69) is 20.6 Å². The first-order chi connectivity index (χ1) is 12.6. The maximum atomic E-state index is 12.1. The topological polar surface area (TPSA) is 136 Å². The Balaban J connectivity index is 1.52. The van der Waals surface area contributed by atoms with E-state index in [1.165, 1.54) is 0 Å². The van der Waals surface area contributed by atoms with Crippen LogP contribution in [0.15, 0.2) is 35.1 Å². The predicted octanol–water partition coefficient (Wildman–Crippen LogP) is -0.176. The molecule has 0 saturated heterocycles. The highest BCUT2D eigenvalue weighted by molar-refractivity contribution is 5.77. The predicted molar refractivity (Wildman–Crippen MR) is 99.0 cm³/mol. The Labute approximate surface area is 150 Å². The number of nitrogens with zero attached hydrogens (tertiary/aromatic N) is 2. The summed E-state index contributed by atoms with van der Waals surface area (Å²) in [6, 6.07) is 9.56. The molecule has 0 spiro atoms. The number of H-pyrrole nitrogens is 1. The lowest BCUT2D eigenvalue weighted by molar-refractivity contribution is -0.121. The lowest BCUT2D eigenvalue weighted by Gasteiger charge is -2.18. The number of aliphatic hydroxyl groups is 1. The summed E-state index contributed by atoms with van der Waals surface area (Å²) in [5, 5.41) is 15.3. The highest BCUT2D eigenvalue weighted by atomic mass is 16.3. The molecule has 1 aromatic carbocycles. The number of amides is 1. The summed E-state index contributed by atoms with van der Waals surface area (Å²) in [4.78, 5) is 32.3. The molecule has 0 saturated carbocycles. The minimum absolute atomic E-state index is 0.0420. The number of aromatic amines is 1. The molecule has 1 atom stereocenters. The van der Waals surface area contributed by atoms with Crippen LogP contribution in [-0.4, -0.2) is 47.3 Å². The Hall–Kier alpha value is -3.07. The molecule has 2 heterocycles. The number of rotatable bonds is 7. The Morgan fingerprint density at radius 2 is 2.15 bits per heavy atom. The first kappa shape index (κ1) is 17.7. The third-order valence-electron chi connectivity index (χ3n) is 4.31. The number of nitrogens with one attached hydrogen (secondary N) is 3. The quantitative estimate of drug-likeness (QED) is 0.463. The van der Waals surface area contributed by atoms with Crippen molar-refractivity contribution in [3.8, 4) is 0 Å². The van der Waals surface area contributed by atoms with Crippen molar-refractivity contribution in [3.63, 3.8) is 0 Å². The number of aromatic nitrogens is 2. The summed E-state index contributed by atoms with van der Waals surface area (Å²) in [6.07, 6.45) is 0.239. The van der Waals surface area contributed by atoms with Crippen LogP contribution in [0.1, 0.15) is 17.9 Å². The van der Waals surface area contributed by atoms with Crippen LogP contribution in [0.2, 0.25) is 0 Å². The Kier molecular flexibility index (Phi) is 5.37. The van der Waals surface area contributed by atoms with Gasteiger partial charge in [-0.15, -0.1) is 0 Å². The van der Waals surface area contributed by atoms with Crippen molar-refractivity contribution in [3.05, 3.63) is 46.2 Å². The first-order valence-corrected chi connectivity index (χ1v) is 8.39. The monoisotopic (exact) mass is 358 g/mol. The van der Waals surface area contributed by atoms with Crippen molar-refractivity contribution >= 4 is 23.4 Å². The fourth-order valence-electron chi connectivity index (χ4n) is 2.88. The van der Waals surface area contributed by atoms with Crippen molar-refractivity contribution in [1.82, 2.24) is 15.3 Å². The zero-order chi connectivity index (χ0) is 18.5.